The van der Waals surface area contributed by atoms with Gasteiger partial charge in [0.2, 0.25) is 0 Å². The summed E-state index contributed by atoms with van der Waals surface area (Å²) in [6, 6.07) is 10.4. The molecule has 2 aromatic rings. The van der Waals surface area contributed by atoms with E-state index in [0.29, 0.717) is 10.6 Å². The maximum Gasteiger partial charge on any atom is 0.335 e. The number of carbonyl (C=O) groups is 3. The number of barbiturate groups is 1. The Hall–Kier alpha value is -2.99. The van der Waals surface area contributed by atoms with Crippen molar-refractivity contribution in [2.45, 2.75) is 0 Å². The van der Waals surface area contributed by atoms with Gasteiger partial charge in [-0.05, 0) is 48.0 Å². The van der Waals surface area contributed by atoms with Crippen LogP contribution in [0.3, 0.4) is 0 Å². The monoisotopic (exact) mass is 344 g/mol. The lowest BCUT2D eigenvalue weighted by molar-refractivity contribution is -0.122. The first-order chi connectivity index (χ1) is 11.5. The van der Waals surface area contributed by atoms with Crippen LogP contribution >= 0.6 is 11.6 Å². The molecule has 1 aliphatic heterocycles. The molecule has 0 aliphatic carbocycles. The van der Waals surface area contributed by atoms with Gasteiger partial charge in [-0.2, -0.15) is 0 Å². The summed E-state index contributed by atoms with van der Waals surface area (Å²) in [5.74, 6) is -2.01. The van der Waals surface area contributed by atoms with E-state index in [4.69, 9.17) is 11.6 Å². The van der Waals surface area contributed by atoms with E-state index in [1.807, 2.05) is 0 Å². The number of hydrogen-bond donors (Lipinski definition) is 1. The second kappa shape index (κ2) is 6.25. The predicted molar refractivity (Wildman–Crippen MR) is 86.9 cm³/mol. The van der Waals surface area contributed by atoms with Gasteiger partial charge in [-0.1, -0.05) is 23.7 Å². The molecule has 0 aromatic heterocycles. The van der Waals surface area contributed by atoms with Gasteiger partial charge in [0, 0.05) is 5.02 Å². The molecule has 120 valence electrons. The number of hydrogen-bond acceptors (Lipinski definition) is 3. The van der Waals surface area contributed by atoms with Crippen LogP contribution in [-0.4, -0.2) is 17.8 Å². The van der Waals surface area contributed by atoms with Gasteiger partial charge in [0.05, 0.1) is 5.69 Å². The average molecular weight is 345 g/mol. The Bertz CT molecular complexity index is 860. The first kappa shape index (κ1) is 15.9. The van der Waals surface area contributed by atoms with E-state index < -0.39 is 23.7 Å². The number of imide groups is 2. The summed E-state index contributed by atoms with van der Waals surface area (Å²) in [4.78, 5) is 37.4. The van der Waals surface area contributed by atoms with Crippen molar-refractivity contribution in [2.24, 2.45) is 0 Å². The third-order valence-corrected chi connectivity index (χ3v) is 3.62. The Kier molecular flexibility index (Phi) is 4.14. The quantitative estimate of drug-likeness (QED) is 0.672. The van der Waals surface area contributed by atoms with Crippen LogP contribution in [0.25, 0.3) is 6.08 Å². The molecular formula is C17H10ClFN2O3. The Morgan fingerprint density at radius 3 is 2.21 bits per heavy atom. The van der Waals surface area contributed by atoms with E-state index in [9.17, 15) is 18.8 Å². The Morgan fingerprint density at radius 1 is 0.958 bits per heavy atom. The molecule has 2 aromatic carbocycles. The smallest absolute Gasteiger partial charge is 0.273 e. The lowest BCUT2D eigenvalue weighted by Crippen LogP contribution is -2.54. The van der Waals surface area contributed by atoms with Crippen molar-refractivity contribution < 1.29 is 18.8 Å². The predicted octanol–water partition coefficient (Wildman–Crippen LogP) is 3.15. The van der Waals surface area contributed by atoms with E-state index >= 15 is 0 Å². The van der Waals surface area contributed by atoms with Gasteiger partial charge in [0.25, 0.3) is 11.8 Å². The van der Waals surface area contributed by atoms with Crippen LogP contribution in [0.15, 0.2) is 54.1 Å². The Balaban J connectivity index is 1.99. The number of rotatable bonds is 2. The van der Waals surface area contributed by atoms with Crippen LogP contribution in [0, 0.1) is 5.82 Å². The summed E-state index contributed by atoms with van der Waals surface area (Å²) < 4.78 is 13.0. The van der Waals surface area contributed by atoms with Crippen LogP contribution < -0.4 is 10.2 Å². The van der Waals surface area contributed by atoms with E-state index in [1.165, 1.54) is 54.6 Å². The normalized spacial score (nSPS) is 16.5. The largest absolute Gasteiger partial charge is 0.335 e. The highest BCUT2D eigenvalue weighted by Crippen LogP contribution is 2.23. The topological polar surface area (TPSA) is 66.5 Å². The number of benzene rings is 2. The van der Waals surface area contributed by atoms with Crippen molar-refractivity contribution in [3.63, 3.8) is 0 Å². The summed E-state index contributed by atoms with van der Waals surface area (Å²) in [5.41, 5.74) is 0.510. The molecule has 0 atom stereocenters. The summed E-state index contributed by atoms with van der Waals surface area (Å²) in [7, 11) is 0. The van der Waals surface area contributed by atoms with Gasteiger partial charge in [-0.3, -0.25) is 14.9 Å². The number of halogens is 2. The first-order valence-electron chi connectivity index (χ1n) is 6.88. The fourth-order valence-corrected chi connectivity index (χ4v) is 2.33. The number of nitrogens with zero attached hydrogens (tertiary/aromatic N) is 1. The number of urea groups is 1. The minimum atomic E-state index is -0.844. The Labute approximate surface area is 141 Å². The number of carbonyl (C=O) groups excluding carboxylic acids is 3. The highest BCUT2D eigenvalue weighted by molar-refractivity contribution is 6.39. The molecule has 0 saturated carbocycles. The van der Waals surface area contributed by atoms with Gasteiger partial charge >= 0.3 is 6.03 Å². The maximum absolute atomic E-state index is 13.0. The zero-order valence-corrected chi connectivity index (χ0v) is 12.9. The molecule has 1 saturated heterocycles. The SMILES string of the molecule is O=C1NC(=O)N(c2ccc(Cl)cc2)C(=O)/C1=C/c1ccc(F)cc1. The molecule has 0 bridgehead atoms. The molecule has 5 nitrogen and oxygen atoms in total. The molecule has 0 radical (unpaired) electrons. The summed E-state index contributed by atoms with van der Waals surface area (Å²) in [6.45, 7) is 0. The van der Waals surface area contributed by atoms with Gasteiger partial charge in [-0.25, -0.2) is 14.1 Å². The minimum absolute atomic E-state index is 0.226. The average Bonchev–Trinajstić information content (AvgIpc) is 2.55. The number of anilines is 1. The van der Waals surface area contributed by atoms with E-state index in [-0.39, 0.29) is 11.3 Å². The molecule has 1 aliphatic rings. The first-order valence-corrected chi connectivity index (χ1v) is 7.26. The zero-order valence-electron chi connectivity index (χ0n) is 12.1. The van der Waals surface area contributed by atoms with Gasteiger partial charge in [-0.15, -0.1) is 0 Å². The van der Waals surface area contributed by atoms with Crippen LogP contribution in [0.2, 0.25) is 5.02 Å². The van der Waals surface area contributed by atoms with Crippen LogP contribution in [-0.2, 0) is 9.59 Å². The molecule has 1 N–H and O–H groups in total. The van der Waals surface area contributed by atoms with Crippen molar-refractivity contribution in [2.75, 3.05) is 4.90 Å². The van der Waals surface area contributed by atoms with Crippen LogP contribution in [0.5, 0.6) is 0 Å². The van der Waals surface area contributed by atoms with Crippen molar-refractivity contribution in [3.8, 4) is 0 Å². The molecule has 1 heterocycles. The van der Waals surface area contributed by atoms with Crippen molar-refractivity contribution in [1.29, 1.82) is 0 Å². The third-order valence-electron chi connectivity index (χ3n) is 3.37. The standard InChI is InChI=1S/C17H10ClFN2O3/c18-11-3-7-13(8-4-11)21-16(23)14(15(22)20-17(21)24)9-10-1-5-12(19)6-2-10/h1-9H,(H,20,22,24)/b14-9+. The summed E-state index contributed by atoms with van der Waals surface area (Å²) >= 11 is 5.80. The van der Waals surface area contributed by atoms with E-state index in [1.54, 1.807) is 0 Å². The molecule has 0 unspecified atom stereocenters. The molecule has 1 fully saturated rings. The van der Waals surface area contributed by atoms with Gasteiger partial charge < -0.3 is 0 Å². The highest BCUT2D eigenvalue weighted by atomic mass is 35.5. The summed E-state index contributed by atoms with van der Waals surface area (Å²) in [5, 5.41) is 2.55. The van der Waals surface area contributed by atoms with Gasteiger partial charge in [0.15, 0.2) is 0 Å². The molecule has 7 heteroatoms. The zero-order chi connectivity index (χ0) is 17.3. The van der Waals surface area contributed by atoms with Crippen LogP contribution in [0.4, 0.5) is 14.9 Å². The van der Waals surface area contributed by atoms with Crippen molar-refractivity contribution in [3.05, 3.63) is 70.5 Å². The second-order valence-electron chi connectivity index (χ2n) is 4.99. The molecular weight excluding hydrogens is 335 g/mol. The number of amides is 4. The van der Waals surface area contributed by atoms with E-state index in [2.05, 4.69) is 5.32 Å². The van der Waals surface area contributed by atoms with Crippen molar-refractivity contribution >= 4 is 41.2 Å². The molecule has 4 amide bonds. The number of nitrogens with one attached hydrogen (secondary N) is 1. The molecule has 0 spiro atoms. The Morgan fingerprint density at radius 2 is 1.58 bits per heavy atom. The highest BCUT2D eigenvalue weighted by Gasteiger charge is 2.36. The third kappa shape index (κ3) is 3.04. The maximum atomic E-state index is 13.0. The van der Waals surface area contributed by atoms with Crippen molar-refractivity contribution in [1.82, 2.24) is 5.32 Å². The fraction of sp³-hybridized carbons (Fsp3) is 0. The second-order valence-corrected chi connectivity index (χ2v) is 5.42. The molecule has 24 heavy (non-hydrogen) atoms. The summed E-state index contributed by atoms with van der Waals surface area (Å²) in [6.07, 6.45) is 1.30. The lowest BCUT2D eigenvalue weighted by atomic mass is 10.1. The van der Waals surface area contributed by atoms with Gasteiger partial charge in [0.1, 0.15) is 11.4 Å². The van der Waals surface area contributed by atoms with E-state index in [0.717, 1.165) is 4.90 Å². The fourth-order valence-electron chi connectivity index (χ4n) is 2.21. The lowest BCUT2D eigenvalue weighted by Gasteiger charge is -2.26. The molecule has 3 rings (SSSR count). The van der Waals surface area contributed by atoms with Crippen LogP contribution in [0.1, 0.15) is 5.56 Å². The minimum Gasteiger partial charge on any atom is -0.273 e.